The zero-order valence-corrected chi connectivity index (χ0v) is 16.3. The summed E-state index contributed by atoms with van der Waals surface area (Å²) >= 11 is 0.644. The highest BCUT2D eigenvalue weighted by Gasteiger charge is 2.46. The van der Waals surface area contributed by atoms with Gasteiger partial charge in [-0.3, -0.25) is 5.41 Å². The minimum Gasteiger partial charge on any atom is -0.346 e. The van der Waals surface area contributed by atoms with Crippen LogP contribution in [0.25, 0.3) is 10.9 Å². The second-order valence-electron chi connectivity index (χ2n) is 6.19. The molecule has 1 aliphatic heterocycles. The Bertz CT molecular complexity index is 935. The molecule has 166 valence electrons. The van der Waals surface area contributed by atoms with Gasteiger partial charge in [-0.05, 0) is 44.0 Å². The number of halogens is 7. The lowest BCUT2D eigenvalue weighted by Crippen LogP contribution is -2.37. The third-order valence-corrected chi connectivity index (χ3v) is 5.45. The van der Waals surface area contributed by atoms with Gasteiger partial charge in [0.25, 0.3) is 0 Å². The van der Waals surface area contributed by atoms with Crippen LogP contribution in [0.1, 0.15) is 24.0 Å². The van der Waals surface area contributed by atoms with E-state index >= 15 is 0 Å². The lowest BCUT2D eigenvalue weighted by atomic mass is 9.98. The standard InChI is InChI=1S/C16H13F7N4S.CH5N/c17-9-5-8(15(18,19)20)13(10(25)6-24)7-4-12(26-14(7)9)28-27-3-1-2-11(27)16(21,22)23;1-2/h4-6,11,24-26H,1-3H2;2H2,1H3. The van der Waals surface area contributed by atoms with Gasteiger partial charge in [-0.15, -0.1) is 0 Å². The number of alkyl halides is 6. The number of rotatable bonds is 4. The van der Waals surface area contributed by atoms with Crippen molar-refractivity contribution >= 4 is 34.8 Å². The van der Waals surface area contributed by atoms with Gasteiger partial charge in [0, 0.05) is 23.7 Å². The summed E-state index contributed by atoms with van der Waals surface area (Å²) < 4.78 is 94.4. The predicted molar refractivity (Wildman–Crippen MR) is 101 cm³/mol. The van der Waals surface area contributed by atoms with Crippen LogP contribution in [0.4, 0.5) is 30.7 Å². The molecule has 0 bridgehead atoms. The van der Waals surface area contributed by atoms with Gasteiger partial charge in [-0.25, -0.2) is 8.70 Å². The smallest absolute Gasteiger partial charge is 0.346 e. The van der Waals surface area contributed by atoms with E-state index in [2.05, 4.69) is 10.7 Å². The molecule has 1 atom stereocenters. The van der Waals surface area contributed by atoms with Crippen molar-refractivity contribution in [2.75, 3.05) is 13.6 Å². The molecule has 0 radical (unpaired) electrons. The topological polar surface area (TPSA) is 92.7 Å². The number of benzene rings is 1. The third kappa shape index (κ3) is 4.78. The summed E-state index contributed by atoms with van der Waals surface area (Å²) in [5.41, 5.74) is 1.23. The van der Waals surface area contributed by atoms with Crippen molar-refractivity contribution in [2.45, 2.75) is 36.3 Å². The molecule has 5 nitrogen and oxygen atoms in total. The number of aromatic amines is 1. The van der Waals surface area contributed by atoms with Crippen LogP contribution in [0.2, 0.25) is 0 Å². The summed E-state index contributed by atoms with van der Waals surface area (Å²) in [5.74, 6) is -1.25. The number of hydrogen-bond donors (Lipinski definition) is 4. The van der Waals surface area contributed by atoms with Crippen LogP contribution in [0.5, 0.6) is 0 Å². The molecule has 1 saturated heterocycles. The number of aromatic nitrogens is 1. The second-order valence-corrected chi connectivity index (χ2v) is 7.28. The molecule has 0 spiro atoms. The molecule has 5 N–H and O–H groups in total. The number of hydrogen-bond acceptors (Lipinski definition) is 5. The van der Waals surface area contributed by atoms with E-state index in [-0.39, 0.29) is 35.0 Å². The number of fused-ring (bicyclic) bond motifs is 1. The van der Waals surface area contributed by atoms with E-state index in [9.17, 15) is 30.7 Å². The van der Waals surface area contributed by atoms with Crippen molar-refractivity contribution in [3.8, 4) is 0 Å². The van der Waals surface area contributed by atoms with E-state index < -0.39 is 41.1 Å². The predicted octanol–water partition coefficient (Wildman–Crippen LogP) is 4.95. The molecule has 0 aliphatic carbocycles. The largest absolute Gasteiger partial charge is 0.417 e. The Labute approximate surface area is 170 Å². The van der Waals surface area contributed by atoms with Gasteiger partial charge in [0.1, 0.15) is 11.9 Å². The maximum Gasteiger partial charge on any atom is 0.417 e. The molecule has 13 heteroatoms. The summed E-state index contributed by atoms with van der Waals surface area (Å²) in [5, 5.41) is 14.5. The van der Waals surface area contributed by atoms with Crippen molar-refractivity contribution in [2.24, 2.45) is 5.73 Å². The van der Waals surface area contributed by atoms with Crippen molar-refractivity contribution in [1.82, 2.24) is 9.29 Å². The maximum atomic E-state index is 14.3. The summed E-state index contributed by atoms with van der Waals surface area (Å²) in [6, 6.07) is -0.411. The van der Waals surface area contributed by atoms with Crippen LogP contribution in [0.3, 0.4) is 0 Å². The molecule has 1 aromatic heterocycles. The molecule has 2 heterocycles. The van der Waals surface area contributed by atoms with Crippen molar-refractivity contribution in [3.63, 3.8) is 0 Å². The fourth-order valence-corrected chi connectivity index (χ4v) is 4.31. The van der Waals surface area contributed by atoms with Crippen LogP contribution in [-0.2, 0) is 6.18 Å². The summed E-state index contributed by atoms with van der Waals surface area (Å²) in [4.78, 5) is 2.50. The SMILES string of the molecule is CN.N=CC(=N)c1c(C(F)(F)F)cc(F)c2[nH]c(SN3CCCC3C(F)(F)F)cc12. The fraction of sp³-hybridized carbons (Fsp3) is 0.412. The summed E-state index contributed by atoms with van der Waals surface area (Å²) in [7, 11) is 1.50. The molecule has 3 rings (SSSR count). The van der Waals surface area contributed by atoms with Crippen LogP contribution < -0.4 is 5.73 Å². The number of nitrogens with one attached hydrogen (secondary N) is 3. The molecule has 0 amide bonds. The van der Waals surface area contributed by atoms with Gasteiger partial charge in [0.05, 0.1) is 21.8 Å². The highest BCUT2D eigenvalue weighted by Crippen LogP contribution is 2.42. The van der Waals surface area contributed by atoms with Gasteiger partial charge in [-0.2, -0.15) is 26.3 Å². The monoisotopic (exact) mass is 457 g/mol. The molecule has 1 aliphatic rings. The first-order valence-electron chi connectivity index (χ1n) is 8.54. The molecule has 1 aromatic carbocycles. The first-order chi connectivity index (χ1) is 13.9. The van der Waals surface area contributed by atoms with E-state index in [0.29, 0.717) is 24.6 Å². The van der Waals surface area contributed by atoms with Crippen molar-refractivity contribution in [1.29, 1.82) is 10.8 Å². The van der Waals surface area contributed by atoms with E-state index in [0.717, 1.165) is 10.4 Å². The van der Waals surface area contributed by atoms with Crippen LogP contribution in [0.15, 0.2) is 17.2 Å². The Morgan fingerprint density at radius 2 is 1.87 bits per heavy atom. The highest BCUT2D eigenvalue weighted by molar-refractivity contribution is 7.97. The maximum absolute atomic E-state index is 14.3. The average molecular weight is 457 g/mol. The number of nitrogens with zero attached hydrogens (tertiary/aromatic N) is 1. The molecule has 30 heavy (non-hydrogen) atoms. The molecular weight excluding hydrogens is 439 g/mol. The minimum absolute atomic E-state index is 0.0170. The van der Waals surface area contributed by atoms with Gasteiger partial charge in [0.2, 0.25) is 0 Å². The van der Waals surface area contributed by atoms with Crippen LogP contribution in [-0.4, -0.2) is 47.0 Å². The summed E-state index contributed by atoms with van der Waals surface area (Å²) in [6.45, 7) is 0.115. The first kappa shape index (κ1) is 24.2. The second kappa shape index (κ2) is 8.94. The van der Waals surface area contributed by atoms with Gasteiger partial charge in [0.15, 0.2) is 0 Å². The molecular formula is C17H18F7N5S. The van der Waals surface area contributed by atoms with Gasteiger partial charge in [-0.1, -0.05) is 0 Å². The zero-order valence-electron chi connectivity index (χ0n) is 15.5. The molecule has 2 aromatic rings. The van der Waals surface area contributed by atoms with E-state index in [4.69, 9.17) is 10.8 Å². The van der Waals surface area contributed by atoms with Gasteiger partial charge >= 0.3 is 12.4 Å². The molecule has 1 unspecified atom stereocenters. The molecule has 1 fully saturated rings. The molecule has 0 saturated carbocycles. The van der Waals surface area contributed by atoms with Crippen LogP contribution >= 0.6 is 11.9 Å². The Balaban J connectivity index is 0.00000155. The number of H-pyrrole nitrogens is 1. The zero-order chi connectivity index (χ0) is 22.9. The Hall–Kier alpha value is -2.12. The van der Waals surface area contributed by atoms with Crippen LogP contribution in [0, 0.1) is 16.6 Å². The Morgan fingerprint density at radius 1 is 1.23 bits per heavy atom. The van der Waals surface area contributed by atoms with Gasteiger partial charge < -0.3 is 16.1 Å². The van der Waals surface area contributed by atoms with E-state index in [1.807, 2.05) is 0 Å². The minimum atomic E-state index is -4.97. The lowest BCUT2D eigenvalue weighted by Gasteiger charge is -2.24. The summed E-state index contributed by atoms with van der Waals surface area (Å²) in [6.07, 6.45) is -8.85. The van der Waals surface area contributed by atoms with E-state index in [1.54, 1.807) is 0 Å². The highest BCUT2D eigenvalue weighted by atomic mass is 32.2. The third-order valence-electron chi connectivity index (χ3n) is 4.36. The quantitative estimate of drug-likeness (QED) is 0.297. The van der Waals surface area contributed by atoms with Crippen molar-refractivity contribution in [3.05, 3.63) is 29.1 Å². The van der Waals surface area contributed by atoms with E-state index in [1.165, 1.54) is 7.05 Å². The lowest BCUT2D eigenvalue weighted by molar-refractivity contribution is -0.163. The Morgan fingerprint density at radius 3 is 2.40 bits per heavy atom. The normalized spacial score (nSPS) is 17.7. The first-order valence-corrected chi connectivity index (χ1v) is 9.31. The van der Waals surface area contributed by atoms with Crippen molar-refractivity contribution < 1.29 is 30.7 Å². The fourth-order valence-electron chi connectivity index (χ4n) is 3.17. The Kier molecular flexibility index (Phi) is 7.20. The number of nitrogens with two attached hydrogens (primary N) is 1. The average Bonchev–Trinajstić information content (AvgIpc) is 3.29.